The quantitative estimate of drug-likeness (QED) is 0.654. The summed E-state index contributed by atoms with van der Waals surface area (Å²) in [7, 11) is 0. The number of likely N-dealkylation sites (tertiary alicyclic amines) is 1. The van der Waals surface area contributed by atoms with Gasteiger partial charge in [0.05, 0.1) is 11.6 Å². The van der Waals surface area contributed by atoms with Crippen LogP contribution in [-0.4, -0.2) is 46.5 Å². The maximum Gasteiger partial charge on any atom is 0.257 e. The number of amides is 2. The van der Waals surface area contributed by atoms with Gasteiger partial charge in [0.25, 0.3) is 11.8 Å². The van der Waals surface area contributed by atoms with Crippen LogP contribution in [0.15, 0.2) is 36.4 Å². The van der Waals surface area contributed by atoms with Gasteiger partial charge in [0.15, 0.2) is 17.2 Å². The van der Waals surface area contributed by atoms with Crippen molar-refractivity contribution in [3.63, 3.8) is 0 Å². The van der Waals surface area contributed by atoms with Crippen molar-refractivity contribution in [3.05, 3.63) is 70.8 Å². The first kappa shape index (κ1) is 20.9. The number of rotatable bonds is 2. The summed E-state index contributed by atoms with van der Waals surface area (Å²) in [6.07, 6.45) is 0.964. The molecule has 2 aromatic rings. The maximum atomic E-state index is 14.0. The van der Waals surface area contributed by atoms with Crippen LogP contribution < -0.4 is 0 Å². The van der Waals surface area contributed by atoms with E-state index in [2.05, 4.69) is 0 Å². The molecular formula is C23H20F4N2O3. The highest BCUT2D eigenvalue weighted by molar-refractivity contribution is 5.95. The maximum absolute atomic E-state index is 14.0. The molecule has 3 fully saturated rings. The average Bonchev–Trinajstić information content (AvgIpc) is 3.28. The Kier molecular flexibility index (Phi) is 4.96. The number of hydrogen-bond donors (Lipinski definition) is 0. The molecule has 3 aliphatic rings. The van der Waals surface area contributed by atoms with Crippen LogP contribution in [-0.2, 0) is 9.53 Å². The molecule has 5 rings (SSSR count). The van der Waals surface area contributed by atoms with Gasteiger partial charge >= 0.3 is 0 Å². The Hall–Kier alpha value is -2.94. The van der Waals surface area contributed by atoms with E-state index in [0.29, 0.717) is 18.4 Å². The molecule has 2 amide bonds. The van der Waals surface area contributed by atoms with Crippen LogP contribution >= 0.6 is 0 Å². The molecule has 0 saturated carbocycles. The Labute approximate surface area is 181 Å². The second-order valence-electron chi connectivity index (χ2n) is 8.47. The average molecular weight is 448 g/mol. The van der Waals surface area contributed by atoms with Crippen molar-refractivity contribution >= 4 is 11.8 Å². The predicted octanol–water partition coefficient (Wildman–Crippen LogP) is 3.94. The van der Waals surface area contributed by atoms with Crippen molar-refractivity contribution in [3.8, 4) is 0 Å². The minimum Gasteiger partial charge on any atom is -0.342 e. The summed E-state index contributed by atoms with van der Waals surface area (Å²) in [5.74, 6) is -4.62. The Balaban J connectivity index is 1.32. The van der Waals surface area contributed by atoms with E-state index in [1.54, 1.807) is 4.90 Å². The third-order valence-electron chi connectivity index (χ3n) is 6.63. The summed E-state index contributed by atoms with van der Waals surface area (Å²) in [6.45, 7) is 0.278. The van der Waals surface area contributed by atoms with Gasteiger partial charge in [-0.1, -0.05) is 6.07 Å². The first-order valence-corrected chi connectivity index (χ1v) is 10.5. The minimum atomic E-state index is -1.20. The van der Waals surface area contributed by atoms with Gasteiger partial charge in [-0.15, -0.1) is 0 Å². The number of fused-ring (bicyclic) bond motifs is 1. The molecule has 0 N–H and O–H groups in total. The molecule has 0 bridgehead atoms. The lowest BCUT2D eigenvalue weighted by Crippen LogP contribution is -2.51. The predicted molar refractivity (Wildman–Crippen MR) is 104 cm³/mol. The monoisotopic (exact) mass is 448 g/mol. The van der Waals surface area contributed by atoms with E-state index < -0.39 is 47.0 Å². The van der Waals surface area contributed by atoms with Crippen LogP contribution in [0.4, 0.5) is 17.6 Å². The lowest BCUT2D eigenvalue weighted by Gasteiger charge is -2.37. The summed E-state index contributed by atoms with van der Waals surface area (Å²) in [5, 5.41) is 0. The van der Waals surface area contributed by atoms with Gasteiger partial charge in [-0.2, -0.15) is 0 Å². The summed E-state index contributed by atoms with van der Waals surface area (Å²) < 4.78 is 61.1. The SMILES string of the molecule is O=C(c1cccc(F)c1F)N1CCC2(CC1)OC1CCC(c3cc(F)cc(F)c3)N1C2=O. The summed E-state index contributed by atoms with van der Waals surface area (Å²) >= 11 is 0. The number of piperidine rings is 1. The van der Waals surface area contributed by atoms with Crippen LogP contribution in [0.5, 0.6) is 0 Å². The molecule has 2 atom stereocenters. The molecule has 32 heavy (non-hydrogen) atoms. The van der Waals surface area contributed by atoms with Gasteiger partial charge in [0.2, 0.25) is 0 Å². The van der Waals surface area contributed by atoms with E-state index in [0.717, 1.165) is 12.1 Å². The zero-order valence-corrected chi connectivity index (χ0v) is 17.0. The molecule has 3 heterocycles. The fourth-order valence-electron chi connectivity index (χ4n) is 5.05. The second kappa shape index (κ2) is 7.58. The van der Waals surface area contributed by atoms with Gasteiger partial charge in [-0.25, -0.2) is 17.6 Å². The molecule has 3 saturated heterocycles. The standard InChI is InChI=1S/C23H20F4N2O3/c24-14-10-13(11-15(25)12-14)18-4-5-19-29(18)22(31)23(32-19)6-8-28(9-7-23)21(30)16-2-1-3-17(26)20(16)27/h1-3,10-12,18-19H,4-9H2. The van der Waals surface area contributed by atoms with Crippen molar-refractivity contribution < 1.29 is 31.9 Å². The first-order chi connectivity index (χ1) is 15.3. The molecule has 2 aromatic carbocycles. The molecular weight excluding hydrogens is 428 g/mol. The summed E-state index contributed by atoms with van der Waals surface area (Å²) in [6, 6.07) is 6.18. The van der Waals surface area contributed by atoms with Crippen molar-refractivity contribution in [2.45, 2.75) is 43.6 Å². The lowest BCUT2D eigenvalue weighted by atomic mass is 9.89. The Morgan fingerprint density at radius 1 is 1.00 bits per heavy atom. The third-order valence-corrected chi connectivity index (χ3v) is 6.63. The lowest BCUT2D eigenvalue weighted by molar-refractivity contribution is -0.142. The van der Waals surface area contributed by atoms with Crippen LogP contribution in [0.3, 0.4) is 0 Å². The van der Waals surface area contributed by atoms with Crippen LogP contribution in [0, 0.1) is 23.3 Å². The van der Waals surface area contributed by atoms with Gasteiger partial charge in [0.1, 0.15) is 17.9 Å². The number of carbonyl (C=O) groups excluding carboxylic acids is 2. The van der Waals surface area contributed by atoms with E-state index in [-0.39, 0.29) is 37.4 Å². The largest absolute Gasteiger partial charge is 0.342 e. The van der Waals surface area contributed by atoms with E-state index in [9.17, 15) is 27.2 Å². The molecule has 0 aromatic heterocycles. The van der Waals surface area contributed by atoms with Crippen LogP contribution in [0.1, 0.15) is 47.6 Å². The number of hydrogen-bond acceptors (Lipinski definition) is 3. The molecule has 0 aliphatic carbocycles. The van der Waals surface area contributed by atoms with Crippen molar-refractivity contribution in [2.24, 2.45) is 0 Å². The summed E-state index contributed by atoms with van der Waals surface area (Å²) in [4.78, 5) is 29.0. The van der Waals surface area contributed by atoms with Crippen LogP contribution in [0.2, 0.25) is 0 Å². The van der Waals surface area contributed by atoms with Gasteiger partial charge in [-0.05, 0) is 42.7 Å². The first-order valence-electron chi connectivity index (χ1n) is 10.5. The Morgan fingerprint density at radius 2 is 1.69 bits per heavy atom. The van der Waals surface area contributed by atoms with E-state index >= 15 is 0 Å². The second-order valence-corrected chi connectivity index (χ2v) is 8.47. The van der Waals surface area contributed by atoms with E-state index in [4.69, 9.17) is 4.74 Å². The van der Waals surface area contributed by atoms with Crippen molar-refractivity contribution in [2.75, 3.05) is 13.1 Å². The number of nitrogens with zero attached hydrogens (tertiary/aromatic N) is 2. The normalized spacial score (nSPS) is 24.3. The molecule has 168 valence electrons. The van der Waals surface area contributed by atoms with Gasteiger partial charge < -0.3 is 14.5 Å². The molecule has 9 heteroatoms. The summed E-state index contributed by atoms with van der Waals surface area (Å²) in [5.41, 5.74) is -1.10. The van der Waals surface area contributed by atoms with Crippen molar-refractivity contribution in [1.82, 2.24) is 9.80 Å². The molecule has 1 spiro atoms. The highest BCUT2D eigenvalue weighted by atomic mass is 19.2. The topological polar surface area (TPSA) is 49.9 Å². The Bertz CT molecular complexity index is 1080. The highest BCUT2D eigenvalue weighted by Gasteiger charge is 2.58. The van der Waals surface area contributed by atoms with Gasteiger partial charge in [0, 0.05) is 32.0 Å². The minimum absolute atomic E-state index is 0.139. The van der Waals surface area contributed by atoms with Crippen molar-refractivity contribution in [1.29, 1.82) is 0 Å². The highest BCUT2D eigenvalue weighted by Crippen LogP contribution is 2.47. The van der Waals surface area contributed by atoms with Gasteiger partial charge in [-0.3, -0.25) is 9.59 Å². The zero-order chi connectivity index (χ0) is 22.6. The van der Waals surface area contributed by atoms with E-state index in [1.165, 1.54) is 29.2 Å². The van der Waals surface area contributed by atoms with Crippen LogP contribution in [0.25, 0.3) is 0 Å². The molecule has 2 unspecified atom stereocenters. The number of carbonyl (C=O) groups is 2. The fraction of sp³-hybridized carbons (Fsp3) is 0.391. The fourth-order valence-corrected chi connectivity index (χ4v) is 5.05. The molecule has 5 nitrogen and oxygen atoms in total. The smallest absolute Gasteiger partial charge is 0.257 e. The van der Waals surface area contributed by atoms with E-state index in [1.807, 2.05) is 0 Å². The third kappa shape index (κ3) is 3.26. The number of ether oxygens (including phenoxy) is 1. The molecule has 0 radical (unpaired) electrons. The number of benzene rings is 2. The molecule has 3 aliphatic heterocycles. The number of halogens is 4. The Morgan fingerprint density at radius 3 is 2.38 bits per heavy atom. The zero-order valence-electron chi connectivity index (χ0n) is 17.0.